The molecule has 0 aliphatic heterocycles. The summed E-state index contributed by atoms with van der Waals surface area (Å²) in [6, 6.07) is 0. The largest absolute Gasteiger partial charge is 0.469 e. The van der Waals surface area contributed by atoms with Crippen molar-refractivity contribution >= 4 is 5.97 Å². The summed E-state index contributed by atoms with van der Waals surface area (Å²) in [6.45, 7) is 4.23. The third-order valence-corrected chi connectivity index (χ3v) is 4.81. The molecule has 2 heteroatoms. The predicted molar refractivity (Wildman–Crippen MR) is 63.9 cm³/mol. The molecule has 1 saturated carbocycles. The van der Waals surface area contributed by atoms with Crippen LogP contribution in [0.25, 0.3) is 0 Å². The summed E-state index contributed by atoms with van der Waals surface area (Å²) in [5, 5.41) is 0. The summed E-state index contributed by atoms with van der Waals surface area (Å²) in [5.74, 6) is 1.34. The lowest BCUT2D eigenvalue weighted by Gasteiger charge is -2.47. The van der Waals surface area contributed by atoms with Crippen molar-refractivity contribution in [3.63, 3.8) is 0 Å². The van der Waals surface area contributed by atoms with Crippen LogP contribution in [0.5, 0.6) is 0 Å². The first-order valence-corrected chi connectivity index (χ1v) is 6.37. The monoisotopic (exact) mass is 222 g/mol. The molecule has 0 amide bonds. The first-order valence-electron chi connectivity index (χ1n) is 6.37. The maximum Gasteiger partial charge on any atom is 0.312 e. The van der Waals surface area contributed by atoms with Crippen LogP contribution in [-0.2, 0) is 9.53 Å². The van der Waals surface area contributed by atoms with Gasteiger partial charge in [-0.3, -0.25) is 4.79 Å². The van der Waals surface area contributed by atoms with Crippen molar-refractivity contribution in [3.8, 4) is 0 Å². The van der Waals surface area contributed by atoms with Gasteiger partial charge >= 0.3 is 5.97 Å². The Labute approximate surface area is 98.1 Å². The van der Waals surface area contributed by atoms with Crippen LogP contribution in [0.3, 0.4) is 0 Å². The summed E-state index contributed by atoms with van der Waals surface area (Å²) in [4.78, 5) is 12.1. The lowest BCUT2D eigenvalue weighted by atomic mass is 9.57. The van der Waals surface area contributed by atoms with E-state index in [2.05, 4.69) is 26.0 Å². The fraction of sp³-hybridized carbons (Fsp3) is 0.786. The molecule has 0 heterocycles. The van der Waals surface area contributed by atoms with E-state index in [1.54, 1.807) is 0 Å². The van der Waals surface area contributed by atoms with E-state index >= 15 is 0 Å². The topological polar surface area (TPSA) is 26.3 Å². The van der Waals surface area contributed by atoms with Crippen LogP contribution in [0.15, 0.2) is 12.2 Å². The maximum absolute atomic E-state index is 12.1. The second-order valence-corrected chi connectivity index (χ2v) is 5.50. The molecule has 0 radical (unpaired) electrons. The minimum Gasteiger partial charge on any atom is -0.469 e. The molecule has 0 N–H and O–H groups in total. The van der Waals surface area contributed by atoms with Crippen LogP contribution in [0.2, 0.25) is 0 Å². The average molecular weight is 222 g/mol. The molecule has 16 heavy (non-hydrogen) atoms. The number of fused-ring (bicyclic) bond motifs is 1. The number of esters is 1. The lowest BCUT2D eigenvalue weighted by Crippen LogP contribution is -2.47. The Hall–Kier alpha value is -0.790. The minimum absolute atomic E-state index is 0.0266. The van der Waals surface area contributed by atoms with Gasteiger partial charge in [-0.1, -0.05) is 31.9 Å². The summed E-state index contributed by atoms with van der Waals surface area (Å²) in [7, 11) is 1.51. The highest BCUT2D eigenvalue weighted by Gasteiger charge is 2.50. The highest BCUT2D eigenvalue weighted by molar-refractivity contribution is 5.77. The molecule has 2 rings (SSSR count). The van der Waals surface area contributed by atoms with Gasteiger partial charge in [0.2, 0.25) is 0 Å². The Morgan fingerprint density at radius 2 is 2.00 bits per heavy atom. The number of allylic oxidation sites excluding steroid dienone is 2. The first kappa shape index (κ1) is 11.7. The molecule has 0 spiro atoms. The molecule has 0 aromatic carbocycles. The summed E-state index contributed by atoms with van der Waals surface area (Å²) in [5.41, 5.74) is -0.311. The van der Waals surface area contributed by atoms with Gasteiger partial charge in [0.25, 0.3) is 0 Å². The highest BCUT2D eigenvalue weighted by atomic mass is 16.5. The highest BCUT2D eigenvalue weighted by Crippen LogP contribution is 2.51. The van der Waals surface area contributed by atoms with Gasteiger partial charge in [-0.05, 0) is 37.5 Å². The minimum atomic E-state index is -0.311. The van der Waals surface area contributed by atoms with E-state index in [0.717, 1.165) is 0 Å². The molecule has 0 bridgehead atoms. The fourth-order valence-corrected chi connectivity index (χ4v) is 3.54. The van der Waals surface area contributed by atoms with E-state index < -0.39 is 0 Å². The van der Waals surface area contributed by atoms with E-state index in [0.29, 0.717) is 17.8 Å². The Morgan fingerprint density at radius 3 is 2.69 bits per heavy atom. The second kappa shape index (κ2) is 4.23. The Bertz CT molecular complexity index is 308. The molecule has 4 atom stereocenters. The molecular weight excluding hydrogens is 200 g/mol. The fourth-order valence-electron chi connectivity index (χ4n) is 3.54. The maximum atomic E-state index is 12.1. The Kier molecular flexibility index (Phi) is 3.09. The molecule has 0 aromatic rings. The van der Waals surface area contributed by atoms with Crippen molar-refractivity contribution < 1.29 is 9.53 Å². The van der Waals surface area contributed by atoms with Crippen molar-refractivity contribution in [2.45, 2.75) is 39.5 Å². The molecule has 0 aromatic heterocycles. The summed E-state index contributed by atoms with van der Waals surface area (Å²) in [6.07, 6.45) is 9.51. The number of carbonyl (C=O) groups is 1. The average Bonchev–Trinajstić information content (AvgIpc) is 2.33. The number of ether oxygens (including phenoxy) is 1. The Balaban J connectivity index is 2.33. The molecular formula is C14H22O2. The molecule has 2 nitrogen and oxygen atoms in total. The number of hydrogen-bond acceptors (Lipinski definition) is 2. The van der Waals surface area contributed by atoms with Gasteiger partial charge in [0.05, 0.1) is 12.5 Å². The van der Waals surface area contributed by atoms with Crippen LogP contribution in [0.1, 0.15) is 39.5 Å². The van der Waals surface area contributed by atoms with Crippen molar-refractivity contribution in [3.05, 3.63) is 12.2 Å². The molecule has 0 unspecified atom stereocenters. The lowest BCUT2D eigenvalue weighted by molar-refractivity contribution is -0.161. The molecule has 2 aliphatic carbocycles. The van der Waals surface area contributed by atoms with E-state index in [1.165, 1.54) is 32.8 Å². The van der Waals surface area contributed by atoms with Crippen LogP contribution < -0.4 is 0 Å². The van der Waals surface area contributed by atoms with Gasteiger partial charge in [-0.25, -0.2) is 0 Å². The normalized spacial score (nSPS) is 42.6. The summed E-state index contributed by atoms with van der Waals surface area (Å²) >= 11 is 0. The van der Waals surface area contributed by atoms with Crippen LogP contribution in [0.4, 0.5) is 0 Å². The predicted octanol–water partition coefficient (Wildman–Crippen LogP) is 3.18. The van der Waals surface area contributed by atoms with Crippen LogP contribution in [-0.4, -0.2) is 13.1 Å². The third-order valence-electron chi connectivity index (χ3n) is 4.81. The number of rotatable bonds is 1. The van der Waals surface area contributed by atoms with Gasteiger partial charge in [0.15, 0.2) is 0 Å². The number of methoxy groups -OCH3 is 1. The molecule has 1 fully saturated rings. The zero-order valence-electron chi connectivity index (χ0n) is 10.5. The van der Waals surface area contributed by atoms with Crippen molar-refractivity contribution in [1.82, 2.24) is 0 Å². The number of carbonyl (C=O) groups excluding carboxylic acids is 1. The van der Waals surface area contributed by atoms with E-state index in [1.807, 2.05) is 0 Å². The molecule has 0 saturated heterocycles. The van der Waals surface area contributed by atoms with E-state index in [-0.39, 0.29) is 11.4 Å². The van der Waals surface area contributed by atoms with Crippen molar-refractivity contribution in [2.24, 2.45) is 23.2 Å². The first-order chi connectivity index (χ1) is 7.60. The zero-order valence-corrected chi connectivity index (χ0v) is 10.5. The van der Waals surface area contributed by atoms with Gasteiger partial charge in [-0.15, -0.1) is 0 Å². The van der Waals surface area contributed by atoms with Gasteiger partial charge in [-0.2, -0.15) is 0 Å². The van der Waals surface area contributed by atoms with Gasteiger partial charge < -0.3 is 4.74 Å². The third kappa shape index (κ3) is 1.59. The standard InChI is InChI=1S/C14H22O2/c1-10-8-9-11-6-4-5-7-12(11)14(10,2)13(15)16-3/h8-12H,4-7H2,1-3H3/t10-,11+,12-,14-/m1/s1. The SMILES string of the molecule is COC(=O)[C@]1(C)[C@H](C)C=C[C@@H]2CCCC[C@H]21. The van der Waals surface area contributed by atoms with Crippen LogP contribution >= 0.6 is 0 Å². The van der Waals surface area contributed by atoms with Gasteiger partial charge in [0.1, 0.15) is 0 Å². The van der Waals surface area contributed by atoms with Crippen molar-refractivity contribution in [1.29, 1.82) is 0 Å². The smallest absolute Gasteiger partial charge is 0.312 e. The zero-order chi connectivity index (χ0) is 11.8. The van der Waals surface area contributed by atoms with Crippen LogP contribution in [0, 0.1) is 23.2 Å². The molecule has 2 aliphatic rings. The Morgan fingerprint density at radius 1 is 1.31 bits per heavy atom. The quantitative estimate of drug-likeness (QED) is 0.503. The van der Waals surface area contributed by atoms with E-state index in [4.69, 9.17) is 4.74 Å². The second-order valence-electron chi connectivity index (χ2n) is 5.50. The molecule has 90 valence electrons. The van der Waals surface area contributed by atoms with E-state index in [9.17, 15) is 4.79 Å². The van der Waals surface area contributed by atoms with Gasteiger partial charge in [0, 0.05) is 0 Å². The van der Waals surface area contributed by atoms with Crippen molar-refractivity contribution in [2.75, 3.05) is 7.11 Å². The number of hydrogen-bond donors (Lipinski definition) is 0. The summed E-state index contributed by atoms with van der Waals surface area (Å²) < 4.78 is 5.04.